The van der Waals surface area contributed by atoms with Gasteiger partial charge in [0.25, 0.3) is 0 Å². The van der Waals surface area contributed by atoms with E-state index in [1.807, 2.05) is 4.90 Å². The van der Waals surface area contributed by atoms with Crippen LogP contribution in [0.3, 0.4) is 0 Å². The smallest absolute Gasteiger partial charge is 0.319 e. The topological polar surface area (TPSA) is 79.1 Å². The average Bonchev–Trinajstić information content (AvgIpc) is 3.60. The van der Waals surface area contributed by atoms with Crippen LogP contribution in [0.5, 0.6) is 6.01 Å². The summed E-state index contributed by atoms with van der Waals surface area (Å²) in [6.45, 7) is 13.5. The highest BCUT2D eigenvalue weighted by atomic mass is 19.1. The number of nitrogens with zero attached hydrogens (tertiary/aromatic N) is 7. The molecule has 3 atom stereocenters. The van der Waals surface area contributed by atoms with E-state index in [4.69, 9.17) is 16.3 Å². The van der Waals surface area contributed by atoms with Crippen LogP contribution in [-0.2, 0) is 17.6 Å². The van der Waals surface area contributed by atoms with Gasteiger partial charge in [0.05, 0.1) is 10.9 Å². The molecular formula is C34H36F3N7O2. The standard InChI is InChI=1S/C34H36F3N7O2/c1-3-28(45)44-14-13-42(19-22(44)16-38-2)32-26-17-39-30(25-9-10-27(36)24-8-5-4-7-23(24)25)29(37)31(26)40-33(41-32)46-20-34-11-6-12-43(34)18-21(35)15-34/h3,9-10,17,21-22H,1,4-8,11-16,18-20H2/t21-,22+,34+/m1/s1. The lowest BCUT2D eigenvalue weighted by molar-refractivity contribution is -0.128. The quantitative estimate of drug-likeness (QED) is 0.271. The SMILES string of the molecule is [C-]#[N+]C[C@H]1CN(c2nc(OC[C@@]34CCCN3C[C@H](F)C4)nc3c(F)c(-c4ccc(F)c5c4CCCC5)ncc23)CCN1C(=O)C=C. The van der Waals surface area contributed by atoms with Crippen LogP contribution in [-0.4, -0.2) is 94.3 Å². The van der Waals surface area contributed by atoms with Crippen molar-refractivity contribution in [3.63, 3.8) is 0 Å². The van der Waals surface area contributed by atoms with Crippen LogP contribution >= 0.6 is 0 Å². The monoisotopic (exact) mass is 631 g/mol. The first-order valence-electron chi connectivity index (χ1n) is 16.0. The summed E-state index contributed by atoms with van der Waals surface area (Å²) in [7, 11) is 0. The molecule has 0 unspecified atom stereocenters. The van der Waals surface area contributed by atoms with E-state index in [2.05, 4.69) is 26.3 Å². The lowest BCUT2D eigenvalue weighted by Gasteiger charge is -2.39. The van der Waals surface area contributed by atoms with Crippen LogP contribution in [0.25, 0.3) is 27.0 Å². The van der Waals surface area contributed by atoms with Gasteiger partial charge in [0.15, 0.2) is 5.82 Å². The molecule has 1 aromatic carbocycles. The maximum atomic E-state index is 16.7. The van der Waals surface area contributed by atoms with Gasteiger partial charge in [-0.25, -0.2) is 19.7 Å². The molecule has 0 bridgehead atoms. The molecular weight excluding hydrogens is 595 g/mol. The number of carbonyl (C=O) groups is 1. The van der Waals surface area contributed by atoms with Gasteiger partial charge in [0.2, 0.25) is 12.5 Å². The molecule has 9 nitrogen and oxygen atoms in total. The number of piperazine rings is 1. The molecule has 240 valence electrons. The fourth-order valence-corrected chi connectivity index (χ4v) is 7.93. The van der Waals surface area contributed by atoms with Crippen LogP contribution in [0.4, 0.5) is 19.0 Å². The van der Waals surface area contributed by atoms with E-state index in [-0.39, 0.29) is 48.6 Å². The number of benzene rings is 1. The summed E-state index contributed by atoms with van der Waals surface area (Å²) in [5.74, 6) is -0.817. The fraction of sp³-hybridized carbons (Fsp3) is 0.500. The number of rotatable bonds is 7. The zero-order chi connectivity index (χ0) is 32.0. The van der Waals surface area contributed by atoms with E-state index in [1.54, 1.807) is 17.2 Å². The summed E-state index contributed by atoms with van der Waals surface area (Å²) in [5, 5.41) is 0.361. The third kappa shape index (κ3) is 5.24. The summed E-state index contributed by atoms with van der Waals surface area (Å²) in [4.78, 5) is 35.6. The number of aromatic nitrogens is 3. The van der Waals surface area contributed by atoms with Crippen molar-refractivity contribution in [2.75, 3.05) is 50.8 Å². The predicted octanol–water partition coefficient (Wildman–Crippen LogP) is 4.93. The van der Waals surface area contributed by atoms with Crippen molar-refractivity contribution in [1.29, 1.82) is 0 Å². The van der Waals surface area contributed by atoms with Gasteiger partial charge in [0, 0.05) is 44.4 Å². The van der Waals surface area contributed by atoms with Crippen LogP contribution in [0.2, 0.25) is 0 Å². The Morgan fingerprint density at radius 2 is 1.96 bits per heavy atom. The molecule has 3 aliphatic heterocycles. The molecule has 12 heteroatoms. The predicted molar refractivity (Wildman–Crippen MR) is 167 cm³/mol. The maximum absolute atomic E-state index is 16.7. The number of fused-ring (bicyclic) bond motifs is 3. The van der Waals surface area contributed by atoms with Gasteiger partial charge in [0.1, 0.15) is 41.7 Å². The van der Waals surface area contributed by atoms with Gasteiger partial charge in [-0.3, -0.25) is 14.7 Å². The number of carbonyl (C=O) groups excluding carboxylic acids is 1. The number of hydrogen-bond donors (Lipinski definition) is 0. The maximum Gasteiger partial charge on any atom is 0.319 e. The molecule has 2 aromatic heterocycles. The van der Waals surface area contributed by atoms with Gasteiger partial charge < -0.3 is 19.4 Å². The van der Waals surface area contributed by atoms with E-state index >= 15 is 4.39 Å². The molecule has 1 aliphatic carbocycles. The molecule has 7 rings (SSSR count). The summed E-state index contributed by atoms with van der Waals surface area (Å²) in [6, 6.07) is 2.50. The van der Waals surface area contributed by atoms with Gasteiger partial charge in [-0.1, -0.05) is 6.58 Å². The summed E-state index contributed by atoms with van der Waals surface area (Å²) in [6.07, 6.45) is 6.94. The largest absolute Gasteiger partial charge is 0.461 e. The van der Waals surface area contributed by atoms with Crippen LogP contribution in [0.1, 0.15) is 43.2 Å². The van der Waals surface area contributed by atoms with Crippen molar-refractivity contribution in [3.8, 4) is 17.3 Å². The second-order valence-electron chi connectivity index (χ2n) is 12.8. The Hall–Kier alpha value is -4.24. The Balaban J connectivity index is 1.31. The molecule has 3 aromatic rings. The second-order valence-corrected chi connectivity index (χ2v) is 12.8. The molecule has 0 N–H and O–H groups in total. The highest BCUT2D eigenvalue weighted by Gasteiger charge is 2.49. The number of anilines is 1. The second kappa shape index (κ2) is 12.2. The zero-order valence-electron chi connectivity index (χ0n) is 25.7. The minimum absolute atomic E-state index is 0.0146. The third-order valence-electron chi connectivity index (χ3n) is 10.1. The van der Waals surface area contributed by atoms with Crippen molar-refractivity contribution in [2.45, 2.75) is 62.7 Å². The molecule has 1 amide bonds. The highest BCUT2D eigenvalue weighted by molar-refractivity contribution is 5.93. The Kier molecular flexibility index (Phi) is 8.05. The Morgan fingerprint density at radius 3 is 2.76 bits per heavy atom. The van der Waals surface area contributed by atoms with Crippen LogP contribution in [0, 0.1) is 18.2 Å². The van der Waals surface area contributed by atoms with Crippen molar-refractivity contribution >= 4 is 22.6 Å². The zero-order valence-corrected chi connectivity index (χ0v) is 25.7. The highest BCUT2D eigenvalue weighted by Crippen LogP contribution is 2.41. The first kappa shape index (κ1) is 30.4. The van der Waals surface area contributed by atoms with Gasteiger partial charge in [-0.2, -0.15) is 9.97 Å². The number of ether oxygens (including phenoxy) is 1. The molecule has 0 saturated carbocycles. The number of alkyl halides is 1. The number of hydrogen-bond acceptors (Lipinski definition) is 7. The summed E-state index contributed by atoms with van der Waals surface area (Å²) in [5.41, 5.74) is 1.58. The minimum atomic E-state index is -0.932. The van der Waals surface area contributed by atoms with Gasteiger partial charge >= 0.3 is 6.01 Å². The third-order valence-corrected chi connectivity index (χ3v) is 10.1. The Bertz CT molecular complexity index is 1750. The van der Waals surface area contributed by atoms with Crippen LogP contribution < -0.4 is 9.64 Å². The van der Waals surface area contributed by atoms with E-state index in [0.29, 0.717) is 61.2 Å². The van der Waals surface area contributed by atoms with Crippen molar-refractivity contribution in [3.05, 3.63) is 65.2 Å². The van der Waals surface area contributed by atoms with E-state index in [0.717, 1.165) is 37.8 Å². The molecule has 4 aliphatic rings. The van der Waals surface area contributed by atoms with Crippen molar-refractivity contribution in [2.24, 2.45) is 0 Å². The van der Waals surface area contributed by atoms with E-state index in [9.17, 15) is 13.6 Å². The Labute approximate surface area is 265 Å². The number of halogens is 3. The molecule has 3 saturated heterocycles. The lowest BCUT2D eigenvalue weighted by Crippen LogP contribution is -2.56. The fourth-order valence-electron chi connectivity index (χ4n) is 7.93. The molecule has 0 spiro atoms. The lowest BCUT2D eigenvalue weighted by atomic mass is 9.86. The normalized spacial score (nSPS) is 24.5. The van der Waals surface area contributed by atoms with Gasteiger partial charge in [-0.15, -0.1) is 0 Å². The van der Waals surface area contributed by atoms with Crippen molar-refractivity contribution < 1.29 is 22.7 Å². The number of amides is 1. The first-order chi connectivity index (χ1) is 22.3. The average molecular weight is 632 g/mol. The number of pyridine rings is 1. The molecule has 5 heterocycles. The summed E-state index contributed by atoms with van der Waals surface area (Å²) >= 11 is 0. The summed E-state index contributed by atoms with van der Waals surface area (Å²) < 4.78 is 52.1. The molecule has 3 fully saturated rings. The minimum Gasteiger partial charge on any atom is -0.461 e. The van der Waals surface area contributed by atoms with E-state index in [1.165, 1.54) is 12.1 Å². The Morgan fingerprint density at radius 1 is 1.13 bits per heavy atom. The first-order valence-corrected chi connectivity index (χ1v) is 16.0. The molecule has 46 heavy (non-hydrogen) atoms. The van der Waals surface area contributed by atoms with Crippen LogP contribution in [0.15, 0.2) is 31.0 Å². The van der Waals surface area contributed by atoms with Crippen molar-refractivity contribution in [1.82, 2.24) is 24.8 Å². The molecule has 0 radical (unpaired) electrons. The van der Waals surface area contributed by atoms with Gasteiger partial charge in [-0.05, 0) is 74.4 Å². The van der Waals surface area contributed by atoms with E-state index < -0.39 is 23.6 Å².